The van der Waals surface area contributed by atoms with E-state index in [9.17, 15) is 20.2 Å². The number of hydrogen-bond acceptors (Lipinski definition) is 5. The molecule has 0 aliphatic rings. The molecule has 0 saturated heterocycles. The van der Waals surface area contributed by atoms with Gasteiger partial charge in [-0.1, -0.05) is 24.3 Å². The summed E-state index contributed by atoms with van der Waals surface area (Å²) >= 11 is 1.62. The minimum absolute atomic E-state index is 0.0699. The van der Waals surface area contributed by atoms with Crippen LogP contribution in [0.15, 0.2) is 48.5 Å². The van der Waals surface area contributed by atoms with Crippen LogP contribution in [-0.2, 0) is 5.75 Å². The third kappa shape index (κ3) is 4.05. The van der Waals surface area contributed by atoms with E-state index in [0.29, 0.717) is 5.75 Å². The molecular weight excluding hydrogens is 304 g/mol. The van der Waals surface area contributed by atoms with Crippen molar-refractivity contribution in [1.82, 2.24) is 0 Å². The number of nitro benzene ring substituents is 2. The zero-order valence-electron chi connectivity index (χ0n) is 11.8. The second kappa shape index (κ2) is 7.04. The summed E-state index contributed by atoms with van der Waals surface area (Å²) in [6.07, 6.45) is 0. The third-order valence-corrected chi connectivity index (χ3v) is 4.47. The Balaban J connectivity index is 2.00. The van der Waals surface area contributed by atoms with Crippen LogP contribution in [0.4, 0.5) is 11.4 Å². The van der Waals surface area contributed by atoms with Gasteiger partial charge in [0.1, 0.15) is 0 Å². The van der Waals surface area contributed by atoms with E-state index in [1.54, 1.807) is 36.0 Å². The highest BCUT2D eigenvalue weighted by Gasteiger charge is 2.12. The number of hydrogen-bond donors (Lipinski definition) is 0. The first-order valence-electron chi connectivity index (χ1n) is 6.56. The molecule has 1 atom stereocenters. The van der Waals surface area contributed by atoms with E-state index in [-0.39, 0.29) is 16.6 Å². The normalized spacial score (nSPS) is 11.9. The van der Waals surface area contributed by atoms with Gasteiger partial charge >= 0.3 is 0 Å². The lowest BCUT2D eigenvalue weighted by molar-refractivity contribution is -0.385. The van der Waals surface area contributed by atoms with Crippen LogP contribution in [0.3, 0.4) is 0 Å². The molecule has 0 heterocycles. The maximum absolute atomic E-state index is 10.8. The smallest absolute Gasteiger partial charge is 0.258 e. The van der Waals surface area contributed by atoms with Crippen molar-refractivity contribution < 1.29 is 9.85 Å². The van der Waals surface area contributed by atoms with Crippen molar-refractivity contribution in [3.63, 3.8) is 0 Å². The minimum atomic E-state index is -0.428. The van der Waals surface area contributed by atoms with Crippen molar-refractivity contribution in [3.8, 4) is 0 Å². The van der Waals surface area contributed by atoms with Crippen LogP contribution in [0, 0.1) is 20.2 Å². The van der Waals surface area contributed by atoms with Gasteiger partial charge in [0.05, 0.1) is 9.85 Å². The van der Waals surface area contributed by atoms with E-state index in [0.717, 1.165) is 11.1 Å². The Morgan fingerprint density at radius 3 is 2.23 bits per heavy atom. The number of thioether (sulfide) groups is 1. The van der Waals surface area contributed by atoms with Gasteiger partial charge in [0.25, 0.3) is 11.4 Å². The van der Waals surface area contributed by atoms with Gasteiger partial charge in [0, 0.05) is 35.3 Å². The summed E-state index contributed by atoms with van der Waals surface area (Å²) < 4.78 is 0. The minimum Gasteiger partial charge on any atom is -0.258 e. The van der Waals surface area contributed by atoms with Gasteiger partial charge in [-0.25, -0.2) is 0 Å². The fourth-order valence-corrected chi connectivity index (χ4v) is 2.90. The summed E-state index contributed by atoms with van der Waals surface area (Å²) in [6, 6.07) is 13.0. The van der Waals surface area contributed by atoms with Crippen LogP contribution in [0.5, 0.6) is 0 Å². The maximum Gasteiger partial charge on any atom is 0.269 e. The largest absolute Gasteiger partial charge is 0.269 e. The first-order chi connectivity index (χ1) is 10.5. The Kier molecular flexibility index (Phi) is 5.11. The molecule has 0 aliphatic heterocycles. The average molecular weight is 318 g/mol. The van der Waals surface area contributed by atoms with Crippen LogP contribution < -0.4 is 0 Å². The van der Waals surface area contributed by atoms with E-state index in [4.69, 9.17) is 0 Å². The molecule has 22 heavy (non-hydrogen) atoms. The zero-order valence-corrected chi connectivity index (χ0v) is 12.7. The van der Waals surface area contributed by atoms with Crippen molar-refractivity contribution >= 4 is 23.1 Å². The van der Waals surface area contributed by atoms with Crippen LogP contribution in [0.2, 0.25) is 0 Å². The van der Waals surface area contributed by atoms with Crippen LogP contribution in [-0.4, -0.2) is 9.85 Å². The molecule has 0 aromatic heterocycles. The van der Waals surface area contributed by atoms with Gasteiger partial charge in [-0.05, 0) is 18.1 Å². The third-order valence-electron chi connectivity index (χ3n) is 3.20. The van der Waals surface area contributed by atoms with Gasteiger partial charge in [-0.3, -0.25) is 20.2 Å². The molecule has 0 fully saturated rings. The summed E-state index contributed by atoms with van der Waals surface area (Å²) in [7, 11) is 0. The van der Waals surface area contributed by atoms with E-state index < -0.39 is 9.85 Å². The number of nitro groups is 2. The van der Waals surface area contributed by atoms with Crippen LogP contribution >= 0.6 is 11.8 Å². The molecule has 6 nitrogen and oxygen atoms in total. The summed E-state index contributed by atoms with van der Waals surface area (Å²) in [4.78, 5) is 20.5. The van der Waals surface area contributed by atoms with Gasteiger partial charge in [0.15, 0.2) is 0 Å². The zero-order chi connectivity index (χ0) is 16.1. The molecule has 1 unspecified atom stereocenters. The van der Waals surface area contributed by atoms with Crippen molar-refractivity contribution in [2.45, 2.75) is 17.9 Å². The standard InChI is InChI=1S/C15H14N2O4S/c1-11(13-3-2-4-15(9-13)17(20)21)22-10-12-5-7-14(8-6-12)16(18)19/h2-9,11H,10H2,1H3. The van der Waals surface area contributed by atoms with Gasteiger partial charge in [-0.2, -0.15) is 0 Å². The Hall–Kier alpha value is -2.41. The number of non-ortho nitro benzene ring substituents is 2. The summed E-state index contributed by atoms with van der Waals surface area (Å²) in [5.41, 5.74) is 2.02. The summed E-state index contributed by atoms with van der Waals surface area (Å²) in [5.74, 6) is 0.682. The molecule has 2 aromatic rings. The molecule has 0 aliphatic carbocycles. The highest BCUT2D eigenvalue weighted by Crippen LogP contribution is 2.32. The fourth-order valence-electron chi connectivity index (χ4n) is 1.92. The molecule has 114 valence electrons. The second-order valence-corrected chi connectivity index (χ2v) is 6.06. The SMILES string of the molecule is CC(SCc1ccc([N+](=O)[O-])cc1)c1cccc([N+](=O)[O-])c1. The van der Waals surface area contributed by atoms with E-state index in [2.05, 4.69) is 0 Å². The first-order valence-corrected chi connectivity index (χ1v) is 7.61. The Morgan fingerprint density at radius 2 is 1.64 bits per heavy atom. The predicted molar refractivity (Wildman–Crippen MR) is 85.9 cm³/mol. The van der Waals surface area contributed by atoms with E-state index >= 15 is 0 Å². The lowest BCUT2D eigenvalue weighted by atomic mass is 10.1. The molecule has 0 spiro atoms. The molecule has 7 heteroatoms. The number of benzene rings is 2. The Bertz CT molecular complexity index is 688. The van der Waals surface area contributed by atoms with Crippen molar-refractivity contribution in [1.29, 1.82) is 0 Å². The quantitative estimate of drug-likeness (QED) is 0.578. The molecule has 0 bridgehead atoms. The van der Waals surface area contributed by atoms with Gasteiger partial charge < -0.3 is 0 Å². The van der Waals surface area contributed by atoms with Crippen molar-refractivity contribution in [3.05, 3.63) is 79.9 Å². The second-order valence-electron chi connectivity index (χ2n) is 4.73. The molecule has 2 aromatic carbocycles. The Morgan fingerprint density at radius 1 is 1.00 bits per heavy atom. The highest BCUT2D eigenvalue weighted by atomic mass is 32.2. The fraction of sp³-hybridized carbons (Fsp3) is 0.200. The monoisotopic (exact) mass is 318 g/mol. The lowest BCUT2D eigenvalue weighted by Gasteiger charge is -2.11. The van der Waals surface area contributed by atoms with E-state index in [1.165, 1.54) is 18.2 Å². The topological polar surface area (TPSA) is 86.3 Å². The summed E-state index contributed by atoms with van der Waals surface area (Å²) in [5, 5.41) is 21.5. The first kappa shape index (κ1) is 16.0. The van der Waals surface area contributed by atoms with Crippen molar-refractivity contribution in [2.24, 2.45) is 0 Å². The average Bonchev–Trinajstić information content (AvgIpc) is 2.53. The van der Waals surface area contributed by atoms with Crippen LogP contribution in [0.25, 0.3) is 0 Å². The molecule has 0 N–H and O–H groups in total. The molecule has 0 radical (unpaired) electrons. The Labute approximate surface area is 131 Å². The lowest BCUT2D eigenvalue weighted by Crippen LogP contribution is -1.93. The molecular formula is C15H14N2O4S. The number of nitrogens with zero attached hydrogens (tertiary/aromatic N) is 2. The van der Waals surface area contributed by atoms with Crippen molar-refractivity contribution in [2.75, 3.05) is 0 Å². The predicted octanol–water partition coefficient (Wildman–Crippen LogP) is 4.50. The van der Waals surface area contributed by atoms with Crippen LogP contribution in [0.1, 0.15) is 23.3 Å². The van der Waals surface area contributed by atoms with Gasteiger partial charge in [-0.15, -0.1) is 11.8 Å². The summed E-state index contributed by atoms with van der Waals surface area (Å²) in [6.45, 7) is 1.98. The molecule has 2 rings (SSSR count). The maximum atomic E-state index is 10.8. The number of rotatable bonds is 6. The molecule has 0 amide bonds. The molecule has 0 saturated carbocycles. The van der Waals surface area contributed by atoms with E-state index in [1.807, 2.05) is 13.0 Å². The highest BCUT2D eigenvalue weighted by molar-refractivity contribution is 7.98. The van der Waals surface area contributed by atoms with Gasteiger partial charge in [0.2, 0.25) is 0 Å².